The molecule has 0 aliphatic carbocycles. The molecule has 0 atom stereocenters. The van der Waals surface area contributed by atoms with Crippen molar-refractivity contribution in [1.29, 1.82) is 0 Å². The Balaban J connectivity index is 2.14. The van der Waals surface area contributed by atoms with Crippen LogP contribution in [0.1, 0.15) is 33.5 Å². The molecule has 0 unspecified atom stereocenters. The first kappa shape index (κ1) is 14.5. The van der Waals surface area contributed by atoms with Crippen LogP contribution in [0.25, 0.3) is 0 Å². The largest absolute Gasteiger partial charge is 0.321 e. The molecule has 1 N–H and O–H groups in total. The fourth-order valence-corrected chi connectivity index (χ4v) is 3.42. The van der Waals surface area contributed by atoms with E-state index in [4.69, 9.17) is 0 Å². The maximum absolute atomic E-state index is 12.2. The number of hydrogen-bond donors (Lipinski definition) is 1. The van der Waals surface area contributed by atoms with Crippen molar-refractivity contribution in [3.63, 3.8) is 0 Å². The second-order valence-electron chi connectivity index (χ2n) is 4.41. The van der Waals surface area contributed by atoms with Crippen molar-refractivity contribution in [2.45, 2.75) is 26.7 Å². The Morgan fingerprint density at radius 2 is 2.16 bits per heavy atom. The third-order valence-corrected chi connectivity index (χ3v) is 4.61. The van der Waals surface area contributed by atoms with Crippen LogP contribution in [0.15, 0.2) is 30.3 Å². The second-order valence-corrected chi connectivity index (χ2v) is 6.91. The Hall–Kier alpha value is -0.880. The number of aryl methyl sites for hydroxylation is 2. The van der Waals surface area contributed by atoms with E-state index in [0.29, 0.717) is 0 Å². The number of nitrogens with one attached hydrogen (secondary N) is 1. The third-order valence-electron chi connectivity index (χ3n) is 2.85. The Morgan fingerprint density at radius 3 is 2.84 bits per heavy atom. The lowest BCUT2D eigenvalue weighted by Gasteiger charge is -2.03. The number of amides is 1. The van der Waals surface area contributed by atoms with E-state index in [2.05, 4.69) is 41.8 Å². The molecule has 100 valence electrons. The van der Waals surface area contributed by atoms with Gasteiger partial charge in [-0.1, -0.05) is 19.4 Å². The summed E-state index contributed by atoms with van der Waals surface area (Å²) in [5, 5.41) is 2.95. The van der Waals surface area contributed by atoms with Gasteiger partial charge in [-0.2, -0.15) is 0 Å². The van der Waals surface area contributed by atoms with E-state index in [1.165, 1.54) is 10.4 Å². The fraction of sp³-hybridized carbons (Fsp3) is 0.267. The minimum Gasteiger partial charge on any atom is -0.321 e. The van der Waals surface area contributed by atoms with Crippen molar-refractivity contribution < 1.29 is 4.79 Å². The summed E-state index contributed by atoms with van der Waals surface area (Å²) in [4.78, 5) is 14.2. The molecule has 0 fully saturated rings. The number of hydrogen-bond acceptors (Lipinski definition) is 2. The maximum atomic E-state index is 12.2. The van der Waals surface area contributed by atoms with Gasteiger partial charge in [0.15, 0.2) is 0 Å². The lowest BCUT2D eigenvalue weighted by atomic mass is 10.1. The topological polar surface area (TPSA) is 29.1 Å². The lowest BCUT2D eigenvalue weighted by Crippen LogP contribution is -2.10. The van der Waals surface area contributed by atoms with E-state index in [0.717, 1.165) is 27.0 Å². The van der Waals surface area contributed by atoms with Gasteiger partial charge in [-0.25, -0.2) is 0 Å². The minimum atomic E-state index is -0.0162. The summed E-state index contributed by atoms with van der Waals surface area (Å²) in [6.07, 6.45) is 2.15. The highest BCUT2D eigenvalue weighted by molar-refractivity contribution is 14.1. The van der Waals surface area contributed by atoms with Crippen molar-refractivity contribution >= 4 is 45.5 Å². The summed E-state index contributed by atoms with van der Waals surface area (Å²) in [5.41, 5.74) is 2.14. The van der Waals surface area contributed by atoms with Crippen LogP contribution in [0.5, 0.6) is 0 Å². The smallest absolute Gasteiger partial charge is 0.265 e. The highest BCUT2D eigenvalue weighted by Crippen LogP contribution is 2.24. The van der Waals surface area contributed by atoms with Crippen LogP contribution in [0.3, 0.4) is 0 Å². The van der Waals surface area contributed by atoms with Crippen LogP contribution in [-0.2, 0) is 6.42 Å². The van der Waals surface area contributed by atoms with Crippen molar-refractivity contribution in [2.24, 2.45) is 0 Å². The Kier molecular flexibility index (Phi) is 4.99. The van der Waals surface area contributed by atoms with E-state index in [-0.39, 0.29) is 5.91 Å². The molecule has 19 heavy (non-hydrogen) atoms. The van der Waals surface area contributed by atoms with Crippen molar-refractivity contribution in [3.05, 3.63) is 49.2 Å². The summed E-state index contributed by atoms with van der Waals surface area (Å²) in [7, 11) is 0. The number of anilines is 1. The number of carbonyl (C=O) groups is 1. The molecule has 1 amide bonds. The molecule has 0 aliphatic heterocycles. The molecular formula is C15H16INOS. The monoisotopic (exact) mass is 385 g/mol. The molecule has 4 heteroatoms. The van der Waals surface area contributed by atoms with Crippen LogP contribution in [0, 0.1) is 10.5 Å². The maximum Gasteiger partial charge on any atom is 0.265 e. The molecule has 0 saturated heterocycles. The zero-order chi connectivity index (χ0) is 13.8. The quantitative estimate of drug-likeness (QED) is 0.748. The van der Waals surface area contributed by atoms with Crippen molar-refractivity contribution in [1.82, 2.24) is 0 Å². The average Bonchev–Trinajstić information content (AvgIpc) is 2.72. The molecule has 2 nitrogen and oxygen atoms in total. The Labute approximate surface area is 131 Å². The molecular weight excluding hydrogens is 369 g/mol. The highest BCUT2D eigenvalue weighted by atomic mass is 127. The van der Waals surface area contributed by atoms with Gasteiger partial charge < -0.3 is 5.32 Å². The second kappa shape index (κ2) is 6.52. The Bertz CT molecular complexity index is 592. The standard InChI is InChI=1S/C15H16INOS/c1-3-5-11-8-14(19-10(11)2)15(18)17-13-7-4-6-12(16)9-13/h4,6-9H,3,5H2,1-2H3,(H,17,18). The molecule has 0 radical (unpaired) electrons. The molecule has 2 aromatic rings. The molecule has 0 saturated carbocycles. The molecule has 1 aromatic carbocycles. The first-order valence-electron chi connectivity index (χ1n) is 6.26. The predicted molar refractivity (Wildman–Crippen MR) is 90.2 cm³/mol. The van der Waals surface area contributed by atoms with E-state index < -0.39 is 0 Å². The first-order chi connectivity index (χ1) is 9.10. The predicted octanol–water partition coefficient (Wildman–Crippen LogP) is 4.87. The first-order valence-corrected chi connectivity index (χ1v) is 8.16. The number of carbonyl (C=O) groups excluding carboxylic acids is 1. The van der Waals surface area contributed by atoms with E-state index in [1.54, 1.807) is 11.3 Å². The van der Waals surface area contributed by atoms with Crippen LogP contribution in [0.4, 0.5) is 5.69 Å². The van der Waals surface area contributed by atoms with Crippen LogP contribution < -0.4 is 5.32 Å². The highest BCUT2D eigenvalue weighted by Gasteiger charge is 2.12. The zero-order valence-electron chi connectivity index (χ0n) is 11.0. The van der Waals surface area contributed by atoms with Crippen LogP contribution >= 0.6 is 33.9 Å². The lowest BCUT2D eigenvalue weighted by molar-refractivity contribution is 0.103. The molecule has 0 aliphatic rings. The summed E-state index contributed by atoms with van der Waals surface area (Å²) in [5.74, 6) is -0.0162. The number of rotatable bonds is 4. The van der Waals surface area contributed by atoms with E-state index >= 15 is 0 Å². The molecule has 1 aromatic heterocycles. The normalized spacial score (nSPS) is 10.5. The zero-order valence-corrected chi connectivity index (χ0v) is 14.0. The summed E-state index contributed by atoms with van der Waals surface area (Å²) >= 11 is 3.81. The SMILES string of the molecule is CCCc1cc(C(=O)Nc2cccc(I)c2)sc1C. The van der Waals surface area contributed by atoms with Gasteiger partial charge in [-0.05, 0) is 65.8 Å². The molecule has 0 bridgehead atoms. The van der Waals surface area contributed by atoms with E-state index in [1.807, 2.05) is 30.3 Å². The number of benzene rings is 1. The van der Waals surface area contributed by atoms with Gasteiger partial charge >= 0.3 is 0 Å². The van der Waals surface area contributed by atoms with Gasteiger partial charge in [-0.3, -0.25) is 4.79 Å². The van der Waals surface area contributed by atoms with Gasteiger partial charge in [0.2, 0.25) is 0 Å². The van der Waals surface area contributed by atoms with Crippen LogP contribution in [0.2, 0.25) is 0 Å². The minimum absolute atomic E-state index is 0.0162. The van der Waals surface area contributed by atoms with Crippen LogP contribution in [-0.4, -0.2) is 5.91 Å². The summed E-state index contributed by atoms with van der Waals surface area (Å²) in [6, 6.07) is 9.84. The van der Waals surface area contributed by atoms with Crippen molar-refractivity contribution in [3.8, 4) is 0 Å². The average molecular weight is 385 g/mol. The Morgan fingerprint density at radius 1 is 1.37 bits per heavy atom. The van der Waals surface area contributed by atoms with Gasteiger partial charge in [0.1, 0.15) is 0 Å². The van der Waals surface area contributed by atoms with Gasteiger partial charge in [-0.15, -0.1) is 11.3 Å². The summed E-state index contributed by atoms with van der Waals surface area (Å²) in [6.45, 7) is 4.24. The third kappa shape index (κ3) is 3.79. The molecule has 2 rings (SSSR count). The summed E-state index contributed by atoms with van der Waals surface area (Å²) < 4.78 is 1.12. The van der Waals surface area contributed by atoms with Gasteiger partial charge in [0, 0.05) is 14.1 Å². The van der Waals surface area contributed by atoms with E-state index in [9.17, 15) is 4.79 Å². The molecule has 0 spiro atoms. The fourth-order valence-electron chi connectivity index (χ4n) is 1.91. The van der Waals surface area contributed by atoms with Gasteiger partial charge in [0.05, 0.1) is 4.88 Å². The van der Waals surface area contributed by atoms with Gasteiger partial charge in [0.25, 0.3) is 5.91 Å². The van der Waals surface area contributed by atoms with Crippen molar-refractivity contribution in [2.75, 3.05) is 5.32 Å². The number of halogens is 1. The number of thiophene rings is 1. The molecule has 1 heterocycles.